The van der Waals surface area contributed by atoms with Gasteiger partial charge in [-0.3, -0.25) is 10.1 Å². The predicted octanol–water partition coefficient (Wildman–Crippen LogP) is 2.82. The van der Waals surface area contributed by atoms with Crippen molar-refractivity contribution < 1.29 is 9.18 Å². The number of primary amides is 1. The Hall–Kier alpha value is -0.940. The first-order valence-corrected chi connectivity index (χ1v) is 7.26. The second-order valence-corrected chi connectivity index (χ2v) is 6.15. The number of benzene rings is 1. The van der Waals surface area contributed by atoms with Crippen LogP contribution < -0.4 is 11.1 Å². The van der Waals surface area contributed by atoms with Crippen LogP contribution in [0, 0.1) is 5.82 Å². The van der Waals surface area contributed by atoms with Gasteiger partial charge in [0.15, 0.2) is 0 Å². The fraction of sp³-hybridized carbons (Fsp3) is 0.500. The van der Waals surface area contributed by atoms with Crippen LogP contribution in [0.5, 0.6) is 0 Å². The summed E-state index contributed by atoms with van der Waals surface area (Å²) >= 11 is 3.21. The van der Waals surface area contributed by atoms with Crippen LogP contribution in [0.15, 0.2) is 22.7 Å². The lowest BCUT2D eigenvalue weighted by molar-refractivity contribution is -0.124. The number of halogens is 2. The smallest absolute Gasteiger partial charge is 0.242 e. The zero-order valence-corrected chi connectivity index (χ0v) is 12.5. The maximum Gasteiger partial charge on any atom is 0.242 e. The molecule has 1 aliphatic carbocycles. The van der Waals surface area contributed by atoms with Crippen LogP contribution in [0.2, 0.25) is 0 Å². The zero-order valence-electron chi connectivity index (χ0n) is 10.9. The molecule has 2 rings (SSSR count). The van der Waals surface area contributed by atoms with E-state index in [2.05, 4.69) is 21.2 Å². The van der Waals surface area contributed by atoms with Gasteiger partial charge in [-0.25, -0.2) is 4.39 Å². The Bertz CT molecular complexity index is 488. The van der Waals surface area contributed by atoms with Crippen molar-refractivity contribution >= 4 is 21.8 Å². The zero-order chi connectivity index (χ0) is 14.0. The minimum Gasteiger partial charge on any atom is -0.368 e. The summed E-state index contributed by atoms with van der Waals surface area (Å²) in [5, 5.41) is 3.24. The third kappa shape index (κ3) is 2.98. The number of hydrogen-bond donors (Lipinski definition) is 2. The molecular weight excluding hydrogens is 311 g/mol. The van der Waals surface area contributed by atoms with Crippen LogP contribution in [0.4, 0.5) is 4.39 Å². The molecule has 1 amide bonds. The third-order valence-corrected chi connectivity index (χ3v) is 4.30. The molecule has 1 unspecified atom stereocenters. The van der Waals surface area contributed by atoms with Crippen molar-refractivity contribution in [3.63, 3.8) is 0 Å². The van der Waals surface area contributed by atoms with Gasteiger partial charge in [0.1, 0.15) is 11.4 Å². The van der Waals surface area contributed by atoms with E-state index in [-0.39, 0.29) is 6.04 Å². The van der Waals surface area contributed by atoms with Gasteiger partial charge in [-0.2, -0.15) is 0 Å². The highest BCUT2D eigenvalue weighted by Crippen LogP contribution is 2.29. The van der Waals surface area contributed by atoms with E-state index in [1.807, 2.05) is 0 Å². The van der Waals surface area contributed by atoms with Crippen LogP contribution in [-0.4, -0.2) is 11.9 Å². The lowest BCUT2D eigenvalue weighted by atomic mass is 9.89. The molecule has 1 aromatic rings. The maximum atomic E-state index is 14.1. The van der Waals surface area contributed by atoms with Gasteiger partial charge in [0.05, 0.1) is 0 Å². The highest BCUT2D eigenvalue weighted by Gasteiger charge is 2.38. The second kappa shape index (κ2) is 5.59. The summed E-state index contributed by atoms with van der Waals surface area (Å²) in [5.74, 6) is -0.984. The van der Waals surface area contributed by atoms with Gasteiger partial charge in [0, 0.05) is 16.1 Å². The standard InChI is InChI=1S/C14H18BrFN2O/c1-14(13(17)19,18-10-4-2-3-5-10)11-7-6-9(15)8-12(11)16/h6-8,10,18H,2-5H2,1H3,(H2,17,19). The molecule has 104 valence electrons. The van der Waals surface area contributed by atoms with Crippen molar-refractivity contribution in [2.75, 3.05) is 0 Å². The quantitative estimate of drug-likeness (QED) is 0.892. The molecule has 1 saturated carbocycles. The summed E-state index contributed by atoms with van der Waals surface area (Å²) in [5.41, 5.74) is 4.64. The average molecular weight is 329 g/mol. The Morgan fingerprint density at radius 3 is 2.63 bits per heavy atom. The molecule has 3 nitrogen and oxygen atoms in total. The van der Waals surface area contributed by atoms with Crippen molar-refractivity contribution in [3.8, 4) is 0 Å². The highest BCUT2D eigenvalue weighted by molar-refractivity contribution is 9.10. The lowest BCUT2D eigenvalue weighted by Gasteiger charge is -2.31. The molecule has 0 heterocycles. The van der Waals surface area contributed by atoms with E-state index in [9.17, 15) is 9.18 Å². The highest BCUT2D eigenvalue weighted by atomic mass is 79.9. The van der Waals surface area contributed by atoms with Crippen molar-refractivity contribution in [1.82, 2.24) is 5.32 Å². The van der Waals surface area contributed by atoms with Gasteiger partial charge in [-0.1, -0.05) is 34.8 Å². The topological polar surface area (TPSA) is 55.1 Å². The van der Waals surface area contributed by atoms with E-state index in [0.29, 0.717) is 10.0 Å². The maximum absolute atomic E-state index is 14.1. The Labute approximate surface area is 120 Å². The van der Waals surface area contributed by atoms with E-state index in [4.69, 9.17) is 5.73 Å². The molecular formula is C14H18BrFN2O. The number of nitrogens with one attached hydrogen (secondary N) is 1. The molecule has 0 bridgehead atoms. The lowest BCUT2D eigenvalue weighted by Crippen LogP contribution is -2.54. The van der Waals surface area contributed by atoms with Gasteiger partial charge >= 0.3 is 0 Å². The van der Waals surface area contributed by atoms with Crippen molar-refractivity contribution in [3.05, 3.63) is 34.1 Å². The summed E-state index contributed by atoms with van der Waals surface area (Å²) in [6.45, 7) is 1.65. The number of carbonyl (C=O) groups is 1. The summed E-state index contributed by atoms with van der Waals surface area (Å²) in [6, 6.07) is 4.90. The average Bonchev–Trinajstić information content (AvgIpc) is 2.81. The fourth-order valence-corrected chi connectivity index (χ4v) is 2.99. The molecule has 1 fully saturated rings. The minimum atomic E-state index is -1.17. The monoisotopic (exact) mass is 328 g/mol. The fourth-order valence-electron chi connectivity index (χ4n) is 2.65. The molecule has 0 spiro atoms. The van der Waals surface area contributed by atoms with Gasteiger partial charge in [-0.15, -0.1) is 0 Å². The number of rotatable bonds is 4. The molecule has 1 aliphatic rings. The van der Waals surface area contributed by atoms with Gasteiger partial charge < -0.3 is 5.73 Å². The number of carbonyl (C=O) groups excluding carboxylic acids is 1. The van der Waals surface area contributed by atoms with Crippen LogP contribution in [-0.2, 0) is 10.3 Å². The van der Waals surface area contributed by atoms with Crippen molar-refractivity contribution in [2.24, 2.45) is 5.73 Å². The molecule has 1 atom stereocenters. The molecule has 0 aliphatic heterocycles. The van der Waals surface area contributed by atoms with Gasteiger partial charge in [0.25, 0.3) is 0 Å². The van der Waals surface area contributed by atoms with E-state index in [1.54, 1.807) is 19.1 Å². The second-order valence-electron chi connectivity index (χ2n) is 5.24. The first-order valence-electron chi connectivity index (χ1n) is 6.46. The third-order valence-electron chi connectivity index (χ3n) is 3.81. The molecule has 0 aromatic heterocycles. The summed E-state index contributed by atoms with van der Waals surface area (Å²) in [4.78, 5) is 11.8. The van der Waals surface area contributed by atoms with E-state index >= 15 is 0 Å². The number of hydrogen-bond acceptors (Lipinski definition) is 2. The SMILES string of the molecule is CC(NC1CCCC1)(C(N)=O)c1ccc(Br)cc1F. The molecule has 0 radical (unpaired) electrons. The number of nitrogens with two attached hydrogens (primary N) is 1. The predicted molar refractivity (Wildman–Crippen MR) is 76.0 cm³/mol. The van der Waals surface area contributed by atoms with Crippen LogP contribution in [0.1, 0.15) is 38.2 Å². The van der Waals surface area contributed by atoms with Crippen LogP contribution in [0.25, 0.3) is 0 Å². The van der Waals surface area contributed by atoms with Gasteiger partial charge in [0.2, 0.25) is 5.91 Å². The Morgan fingerprint density at radius 1 is 1.47 bits per heavy atom. The van der Waals surface area contributed by atoms with Crippen LogP contribution >= 0.6 is 15.9 Å². The summed E-state index contributed by atoms with van der Waals surface area (Å²) < 4.78 is 14.7. The Balaban J connectivity index is 2.34. The normalized spacial score (nSPS) is 19.3. The summed E-state index contributed by atoms with van der Waals surface area (Å²) in [6.07, 6.45) is 4.27. The first-order chi connectivity index (χ1) is 8.93. The van der Waals surface area contributed by atoms with Crippen LogP contribution in [0.3, 0.4) is 0 Å². The van der Waals surface area contributed by atoms with E-state index in [0.717, 1.165) is 25.7 Å². The minimum absolute atomic E-state index is 0.223. The van der Waals surface area contributed by atoms with Gasteiger partial charge in [-0.05, 0) is 31.9 Å². The molecule has 19 heavy (non-hydrogen) atoms. The Morgan fingerprint density at radius 2 is 2.11 bits per heavy atom. The Kier molecular flexibility index (Phi) is 4.26. The van der Waals surface area contributed by atoms with Crippen molar-refractivity contribution in [1.29, 1.82) is 0 Å². The molecule has 1 aromatic carbocycles. The first kappa shape index (κ1) is 14.5. The summed E-state index contributed by atoms with van der Waals surface area (Å²) in [7, 11) is 0. The van der Waals surface area contributed by atoms with Crippen molar-refractivity contribution in [2.45, 2.75) is 44.2 Å². The largest absolute Gasteiger partial charge is 0.368 e. The molecule has 3 N–H and O–H groups in total. The number of amides is 1. The molecule has 5 heteroatoms. The van der Waals surface area contributed by atoms with E-state index < -0.39 is 17.3 Å². The molecule has 0 saturated heterocycles. The van der Waals surface area contributed by atoms with E-state index in [1.165, 1.54) is 6.07 Å².